The first-order valence-corrected chi connectivity index (χ1v) is 28.5. The van der Waals surface area contributed by atoms with Gasteiger partial charge in [0.15, 0.2) is 11.2 Å². The van der Waals surface area contributed by atoms with Crippen molar-refractivity contribution in [3.05, 3.63) is 52.1 Å². The number of H-pyrrole nitrogens is 1. The van der Waals surface area contributed by atoms with E-state index in [1.54, 1.807) is 0 Å². The van der Waals surface area contributed by atoms with E-state index in [0.717, 1.165) is 63.3 Å². The standard InChI is InChI=1S/C57H90F3N7O7/c1-3-5-7-9-11-13-15-17-19-21-23-25-27-29-31-33-41-73-49(68)40-39-48(54(71)74-42-34-32-30-28-26-24-22-20-18-16-14-12-10-8-6-4-2)64-52(69)45-35-37-47(38-36-45)67(55(72)57(58,59)60)44-46-43-62-51-50(63-46)53(70)66-56(61)65-51/h35-38,43,48H,3-34,39-42,44H2,1-2H3,(H,64,69)(H3,61,62,65,66,70)/t48-/m0/s1. The topological polar surface area (TPSA) is 200 Å². The van der Waals surface area contributed by atoms with Gasteiger partial charge in [-0.3, -0.25) is 29.1 Å². The first kappa shape index (κ1) is 63.2. The number of nitrogens with one attached hydrogen (secondary N) is 2. The highest BCUT2D eigenvalue weighted by molar-refractivity contribution is 5.99. The Morgan fingerprint density at radius 2 is 1.07 bits per heavy atom. The molecule has 0 fully saturated rings. The van der Waals surface area contributed by atoms with Crippen LogP contribution in [0.5, 0.6) is 0 Å². The van der Waals surface area contributed by atoms with Crippen molar-refractivity contribution in [3.63, 3.8) is 0 Å². The number of unbranched alkanes of at least 4 members (excludes halogenated alkanes) is 30. The molecule has 0 unspecified atom stereocenters. The van der Waals surface area contributed by atoms with E-state index in [-0.39, 0.29) is 60.1 Å². The van der Waals surface area contributed by atoms with Crippen LogP contribution in [0.25, 0.3) is 11.2 Å². The fourth-order valence-corrected chi connectivity index (χ4v) is 9.02. The summed E-state index contributed by atoms with van der Waals surface area (Å²) in [5.41, 5.74) is 3.94. The summed E-state index contributed by atoms with van der Waals surface area (Å²) in [6.45, 7) is 4.16. The van der Waals surface area contributed by atoms with E-state index < -0.39 is 48.1 Å². The Labute approximate surface area is 439 Å². The summed E-state index contributed by atoms with van der Waals surface area (Å²) in [5.74, 6) is -4.42. The van der Waals surface area contributed by atoms with Crippen LogP contribution in [0.1, 0.15) is 248 Å². The number of aromatic nitrogens is 4. The Morgan fingerprint density at radius 3 is 1.51 bits per heavy atom. The minimum Gasteiger partial charge on any atom is -0.466 e. The summed E-state index contributed by atoms with van der Waals surface area (Å²) < 4.78 is 52.7. The van der Waals surface area contributed by atoms with Crippen LogP contribution in [0.4, 0.5) is 24.8 Å². The molecule has 3 rings (SSSR count). The van der Waals surface area contributed by atoms with Crippen molar-refractivity contribution in [2.24, 2.45) is 0 Å². The molecule has 3 aromatic rings. The quantitative estimate of drug-likeness (QED) is 0.0360. The second-order valence-corrected chi connectivity index (χ2v) is 20.0. The summed E-state index contributed by atoms with van der Waals surface area (Å²) in [6, 6.07) is 3.48. The molecule has 0 aliphatic rings. The number of nitrogens with two attached hydrogens (primary N) is 1. The number of halogens is 3. The van der Waals surface area contributed by atoms with Crippen LogP contribution in [-0.2, 0) is 30.4 Å². The number of hydrogen-bond acceptors (Lipinski definition) is 11. The summed E-state index contributed by atoms with van der Waals surface area (Å²) in [6.07, 6.45) is 34.5. The van der Waals surface area contributed by atoms with Gasteiger partial charge in [0.25, 0.3) is 11.5 Å². The molecule has 14 nitrogen and oxygen atoms in total. The summed E-state index contributed by atoms with van der Waals surface area (Å²) in [4.78, 5) is 79.4. The van der Waals surface area contributed by atoms with E-state index in [0.29, 0.717) is 11.3 Å². The van der Waals surface area contributed by atoms with E-state index in [4.69, 9.17) is 15.2 Å². The van der Waals surface area contributed by atoms with Gasteiger partial charge >= 0.3 is 24.0 Å². The number of esters is 2. The van der Waals surface area contributed by atoms with Gasteiger partial charge in [-0.1, -0.05) is 206 Å². The molecule has 2 heterocycles. The summed E-state index contributed by atoms with van der Waals surface area (Å²) in [5, 5.41) is 2.64. The third-order valence-electron chi connectivity index (χ3n) is 13.5. The Morgan fingerprint density at radius 1 is 0.635 bits per heavy atom. The average Bonchev–Trinajstić information content (AvgIpc) is 3.38. The highest BCUT2D eigenvalue weighted by Crippen LogP contribution is 2.26. The van der Waals surface area contributed by atoms with E-state index in [1.165, 1.54) is 166 Å². The van der Waals surface area contributed by atoms with E-state index in [2.05, 4.69) is 39.1 Å². The van der Waals surface area contributed by atoms with Crippen molar-refractivity contribution in [1.29, 1.82) is 0 Å². The zero-order valence-electron chi connectivity index (χ0n) is 45.0. The third-order valence-corrected chi connectivity index (χ3v) is 13.5. The van der Waals surface area contributed by atoms with E-state index >= 15 is 0 Å². The Bertz CT molecular complexity index is 2090. The Balaban J connectivity index is 1.49. The number of nitrogens with zero attached hydrogens (tertiary/aromatic N) is 4. The second kappa shape index (κ2) is 38.5. The van der Waals surface area contributed by atoms with Gasteiger partial charge < -0.3 is 20.5 Å². The van der Waals surface area contributed by atoms with Crippen LogP contribution in [0.15, 0.2) is 35.3 Å². The number of anilines is 2. The monoisotopic (exact) mass is 1040 g/mol. The SMILES string of the molecule is CCCCCCCCCCCCCCCCCCOC(=O)CC[C@H](NC(=O)c1ccc(N(Cc2cnc3nc(N)[nH]c(=O)c3n2)C(=O)C(F)(F)F)cc1)C(=O)OCCCCCCCCCCCCCCCCCC. The number of nitrogen functional groups attached to an aromatic ring is 1. The van der Waals surface area contributed by atoms with Crippen LogP contribution in [0.2, 0.25) is 0 Å². The molecule has 0 bridgehead atoms. The first-order chi connectivity index (χ1) is 35.8. The fourth-order valence-electron chi connectivity index (χ4n) is 9.02. The van der Waals surface area contributed by atoms with Crippen molar-refractivity contribution >= 4 is 46.6 Å². The number of benzene rings is 1. The molecule has 1 aromatic carbocycles. The molecule has 0 saturated carbocycles. The minimum atomic E-state index is -5.29. The molecule has 4 N–H and O–H groups in total. The molecule has 17 heteroatoms. The molecule has 0 spiro atoms. The van der Waals surface area contributed by atoms with Crippen LogP contribution in [-0.4, -0.2) is 69.1 Å². The highest BCUT2D eigenvalue weighted by atomic mass is 19.4. The number of aromatic amines is 1. The maximum Gasteiger partial charge on any atom is 0.471 e. The van der Waals surface area contributed by atoms with Crippen molar-refractivity contribution in [3.8, 4) is 0 Å². The van der Waals surface area contributed by atoms with Gasteiger partial charge in [-0.05, 0) is 43.5 Å². The average molecular weight is 1040 g/mol. The van der Waals surface area contributed by atoms with Gasteiger partial charge in [0.05, 0.1) is 31.6 Å². The number of amides is 2. The molecule has 416 valence electrons. The molecule has 2 aromatic heterocycles. The van der Waals surface area contributed by atoms with Gasteiger partial charge in [0, 0.05) is 17.7 Å². The van der Waals surface area contributed by atoms with Crippen molar-refractivity contribution in [2.45, 2.75) is 251 Å². The van der Waals surface area contributed by atoms with Crippen LogP contribution in [0, 0.1) is 0 Å². The Kier molecular flexibility index (Phi) is 32.8. The predicted molar refractivity (Wildman–Crippen MR) is 288 cm³/mol. The normalized spacial score (nSPS) is 12.0. The molecule has 0 aliphatic carbocycles. The van der Waals surface area contributed by atoms with Crippen LogP contribution < -0.4 is 21.5 Å². The lowest BCUT2D eigenvalue weighted by molar-refractivity contribution is -0.170. The van der Waals surface area contributed by atoms with E-state index in [9.17, 15) is 37.1 Å². The van der Waals surface area contributed by atoms with Gasteiger partial charge in [-0.15, -0.1) is 0 Å². The lowest BCUT2D eigenvalue weighted by Gasteiger charge is -2.24. The Hall–Kier alpha value is -5.09. The number of alkyl halides is 3. The number of rotatable bonds is 43. The molecule has 1 atom stereocenters. The summed E-state index contributed by atoms with van der Waals surface area (Å²) in [7, 11) is 0. The lowest BCUT2D eigenvalue weighted by atomic mass is 10.0. The number of fused-ring (bicyclic) bond motifs is 1. The van der Waals surface area contributed by atoms with Gasteiger partial charge in [-0.25, -0.2) is 14.8 Å². The molecular weight excluding hydrogens is 952 g/mol. The predicted octanol–water partition coefficient (Wildman–Crippen LogP) is 13.9. The molecule has 0 saturated heterocycles. The zero-order valence-corrected chi connectivity index (χ0v) is 45.0. The number of carbonyl (C=O) groups is 4. The van der Waals surface area contributed by atoms with E-state index in [1.807, 2.05) is 0 Å². The van der Waals surface area contributed by atoms with Gasteiger partial charge in [0.2, 0.25) is 5.95 Å². The summed E-state index contributed by atoms with van der Waals surface area (Å²) >= 11 is 0. The van der Waals surface area contributed by atoms with Crippen LogP contribution >= 0.6 is 0 Å². The largest absolute Gasteiger partial charge is 0.471 e. The molecule has 0 radical (unpaired) electrons. The highest BCUT2D eigenvalue weighted by Gasteiger charge is 2.43. The maximum absolute atomic E-state index is 13.9. The fraction of sp³-hybridized carbons (Fsp3) is 0.719. The molecule has 2 amide bonds. The first-order valence-electron chi connectivity index (χ1n) is 28.5. The van der Waals surface area contributed by atoms with Crippen molar-refractivity contribution in [2.75, 3.05) is 23.8 Å². The van der Waals surface area contributed by atoms with Gasteiger partial charge in [0.1, 0.15) is 6.04 Å². The van der Waals surface area contributed by atoms with Gasteiger partial charge in [-0.2, -0.15) is 18.2 Å². The van der Waals surface area contributed by atoms with Crippen molar-refractivity contribution < 1.29 is 41.8 Å². The molecule has 0 aliphatic heterocycles. The van der Waals surface area contributed by atoms with Crippen molar-refractivity contribution in [1.82, 2.24) is 25.3 Å². The molecular formula is C57H90F3N7O7. The smallest absolute Gasteiger partial charge is 0.466 e. The maximum atomic E-state index is 13.9. The number of carbonyl (C=O) groups excluding carboxylic acids is 4. The van der Waals surface area contributed by atoms with Crippen LogP contribution in [0.3, 0.4) is 0 Å². The number of ether oxygens (including phenoxy) is 2. The zero-order chi connectivity index (χ0) is 53.7. The minimum absolute atomic E-state index is 0.0319. The number of hydrogen-bond donors (Lipinski definition) is 3. The lowest BCUT2D eigenvalue weighted by Crippen LogP contribution is -2.42. The second-order valence-electron chi connectivity index (χ2n) is 20.0. The molecule has 74 heavy (non-hydrogen) atoms. The third kappa shape index (κ3) is 27.4.